The highest BCUT2D eigenvalue weighted by molar-refractivity contribution is 7.89. The standard InChI is InChI=1S/C43H50F2N6O7S/c1-27(2)24-50(59(53,54)34-18-16-32(55-8)17-19-34)25-39-38(51(43(6,7)57-39)41(52)58-42(3,4)5)21-28-9-14-33(15-10-28)56-26-30-12-11-29(22-36(30)40-46-48-49-47-40)35-20-13-31(44)23-37(35)45/h9-20,22-23,27,38-39H,21,24-26H2,1-8H3,(H,46,47,48,49)/t38-,39+/m0/s1. The Morgan fingerprint density at radius 1 is 0.966 bits per heavy atom. The molecule has 0 aliphatic carbocycles. The Kier molecular flexibility index (Phi) is 12.7. The topological polar surface area (TPSA) is 149 Å². The number of aromatic nitrogens is 4. The Morgan fingerprint density at radius 3 is 2.27 bits per heavy atom. The number of aromatic amines is 1. The number of benzene rings is 4. The van der Waals surface area contributed by atoms with Crippen LogP contribution in [-0.4, -0.2) is 88.0 Å². The fourth-order valence-electron chi connectivity index (χ4n) is 7.11. The largest absolute Gasteiger partial charge is 0.497 e. The van der Waals surface area contributed by atoms with Crippen LogP contribution in [0.1, 0.15) is 59.6 Å². The van der Waals surface area contributed by atoms with Crippen LogP contribution in [-0.2, 0) is 32.5 Å². The van der Waals surface area contributed by atoms with E-state index in [2.05, 4.69) is 20.6 Å². The first kappa shape index (κ1) is 43.1. The smallest absolute Gasteiger partial charge is 0.412 e. The number of amides is 1. The van der Waals surface area contributed by atoms with Crippen LogP contribution in [0.2, 0.25) is 0 Å². The number of carbonyl (C=O) groups excluding carboxylic acids is 1. The molecule has 59 heavy (non-hydrogen) atoms. The number of tetrazole rings is 1. The third-order valence-electron chi connectivity index (χ3n) is 9.74. The molecule has 16 heteroatoms. The maximum atomic E-state index is 14.7. The van der Waals surface area contributed by atoms with Crippen molar-refractivity contribution in [3.05, 3.63) is 108 Å². The molecule has 4 aromatic carbocycles. The van der Waals surface area contributed by atoms with E-state index in [0.29, 0.717) is 40.4 Å². The van der Waals surface area contributed by atoms with Crippen LogP contribution in [0.15, 0.2) is 89.8 Å². The van der Waals surface area contributed by atoms with Gasteiger partial charge in [-0.15, -0.1) is 5.10 Å². The van der Waals surface area contributed by atoms with Gasteiger partial charge in [-0.1, -0.05) is 38.1 Å². The lowest BCUT2D eigenvalue weighted by molar-refractivity contribution is -0.0807. The number of ether oxygens (including phenoxy) is 4. The fourth-order valence-corrected chi connectivity index (χ4v) is 8.72. The van der Waals surface area contributed by atoms with Gasteiger partial charge in [-0.2, -0.15) is 4.31 Å². The molecule has 0 unspecified atom stereocenters. The Balaban J connectivity index is 1.25. The van der Waals surface area contributed by atoms with Gasteiger partial charge in [0.15, 0.2) is 5.82 Å². The summed E-state index contributed by atoms with van der Waals surface area (Å²) in [5.74, 6) is 0.0414. The van der Waals surface area contributed by atoms with Crippen molar-refractivity contribution in [2.75, 3.05) is 20.2 Å². The van der Waals surface area contributed by atoms with Gasteiger partial charge in [0, 0.05) is 35.8 Å². The second-order valence-corrected chi connectivity index (χ2v) is 18.2. The van der Waals surface area contributed by atoms with Crippen LogP contribution < -0.4 is 9.47 Å². The number of hydrogen-bond donors (Lipinski definition) is 1. The van der Waals surface area contributed by atoms with Crippen LogP contribution in [0.25, 0.3) is 22.5 Å². The van der Waals surface area contributed by atoms with Crippen LogP contribution in [0, 0.1) is 17.6 Å². The monoisotopic (exact) mass is 832 g/mol. The first-order chi connectivity index (χ1) is 27.8. The average molecular weight is 833 g/mol. The predicted octanol–water partition coefficient (Wildman–Crippen LogP) is 8.03. The molecule has 1 aromatic heterocycles. The van der Waals surface area contributed by atoms with Crippen LogP contribution in [0.5, 0.6) is 11.5 Å². The van der Waals surface area contributed by atoms with Crippen LogP contribution in [0.4, 0.5) is 13.6 Å². The lowest BCUT2D eigenvalue weighted by Crippen LogP contribution is -2.52. The van der Waals surface area contributed by atoms with Gasteiger partial charge >= 0.3 is 6.09 Å². The van der Waals surface area contributed by atoms with Gasteiger partial charge in [-0.05, 0) is 123 Å². The van der Waals surface area contributed by atoms with E-state index in [4.69, 9.17) is 18.9 Å². The minimum Gasteiger partial charge on any atom is -0.497 e. The van der Waals surface area contributed by atoms with Gasteiger partial charge in [0.1, 0.15) is 41.1 Å². The maximum Gasteiger partial charge on any atom is 0.412 e. The number of nitrogens with one attached hydrogen (secondary N) is 1. The van der Waals surface area contributed by atoms with E-state index in [9.17, 15) is 22.0 Å². The molecule has 0 spiro atoms. The Bertz CT molecular complexity index is 2340. The number of rotatable bonds is 14. The molecule has 1 aliphatic rings. The zero-order valence-corrected chi connectivity index (χ0v) is 35.2. The molecule has 1 saturated heterocycles. The first-order valence-electron chi connectivity index (χ1n) is 19.2. The second kappa shape index (κ2) is 17.4. The molecule has 314 valence electrons. The number of carbonyl (C=O) groups is 1. The van der Waals surface area contributed by atoms with Gasteiger partial charge in [-0.25, -0.2) is 27.1 Å². The average Bonchev–Trinajstić information content (AvgIpc) is 3.79. The Morgan fingerprint density at radius 2 is 1.66 bits per heavy atom. The third-order valence-corrected chi connectivity index (χ3v) is 11.6. The normalized spacial score (nSPS) is 16.8. The molecule has 1 N–H and O–H groups in total. The van der Waals surface area contributed by atoms with E-state index in [1.165, 1.54) is 35.7 Å². The summed E-state index contributed by atoms with van der Waals surface area (Å²) in [7, 11) is -2.46. The van der Waals surface area contributed by atoms with Crippen molar-refractivity contribution in [1.29, 1.82) is 0 Å². The quantitative estimate of drug-likeness (QED) is 0.117. The molecule has 13 nitrogen and oxygen atoms in total. The summed E-state index contributed by atoms with van der Waals surface area (Å²) in [6.45, 7) is 13.1. The molecule has 1 aliphatic heterocycles. The van der Waals surface area contributed by atoms with Crippen LogP contribution in [0.3, 0.4) is 0 Å². The number of nitrogens with zero attached hydrogens (tertiary/aromatic N) is 5. The van der Waals surface area contributed by atoms with Crippen molar-refractivity contribution in [3.8, 4) is 34.0 Å². The summed E-state index contributed by atoms with van der Waals surface area (Å²) in [6.07, 6.45) is -0.986. The summed E-state index contributed by atoms with van der Waals surface area (Å²) in [4.78, 5) is 15.6. The van der Waals surface area contributed by atoms with E-state index < -0.39 is 51.2 Å². The second-order valence-electron chi connectivity index (χ2n) is 16.3. The van der Waals surface area contributed by atoms with Crippen molar-refractivity contribution in [1.82, 2.24) is 29.8 Å². The molecule has 0 radical (unpaired) electrons. The highest BCUT2D eigenvalue weighted by Crippen LogP contribution is 2.37. The molecule has 1 amide bonds. The zero-order chi connectivity index (χ0) is 42.7. The molecule has 1 fully saturated rings. The SMILES string of the molecule is COc1ccc(S(=O)(=O)N(CC(C)C)C[C@H]2OC(C)(C)N(C(=O)OC(C)(C)C)[C@H]2Cc2ccc(OCc3ccc(-c4ccc(F)cc4F)cc3-c3nnn[nH]3)cc2)cc1. The van der Waals surface area contributed by atoms with E-state index in [0.717, 1.165) is 11.6 Å². The number of sulfonamides is 1. The highest BCUT2D eigenvalue weighted by Gasteiger charge is 2.52. The van der Waals surface area contributed by atoms with E-state index in [1.807, 2.05) is 26.0 Å². The minimum absolute atomic E-state index is 0.00961. The molecule has 0 bridgehead atoms. The van der Waals surface area contributed by atoms with Crippen molar-refractivity contribution in [3.63, 3.8) is 0 Å². The van der Waals surface area contributed by atoms with E-state index >= 15 is 0 Å². The zero-order valence-electron chi connectivity index (χ0n) is 34.4. The van der Waals surface area contributed by atoms with E-state index in [1.54, 1.807) is 82.0 Å². The highest BCUT2D eigenvalue weighted by atomic mass is 32.2. The first-order valence-corrected chi connectivity index (χ1v) is 20.7. The lowest BCUT2D eigenvalue weighted by Gasteiger charge is -2.35. The number of halogens is 2. The summed E-state index contributed by atoms with van der Waals surface area (Å²) in [6, 6.07) is 21.6. The van der Waals surface area contributed by atoms with Crippen molar-refractivity contribution in [2.24, 2.45) is 5.92 Å². The summed E-state index contributed by atoms with van der Waals surface area (Å²) in [5, 5.41) is 14.2. The van der Waals surface area contributed by atoms with Gasteiger partial charge in [0.2, 0.25) is 10.0 Å². The lowest BCUT2D eigenvalue weighted by atomic mass is 9.98. The summed E-state index contributed by atoms with van der Waals surface area (Å²) >= 11 is 0. The number of H-pyrrole nitrogens is 1. The number of methoxy groups -OCH3 is 1. The molecule has 2 heterocycles. The van der Waals surface area contributed by atoms with Gasteiger partial charge < -0.3 is 18.9 Å². The summed E-state index contributed by atoms with van der Waals surface area (Å²) < 4.78 is 81.9. The van der Waals surface area contributed by atoms with Gasteiger partial charge in [-0.3, -0.25) is 4.90 Å². The number of hydrogen-bond acceptors (Lipinski definition) is 10. The molecule has 0 saturated carbocycles. The summed E-state index contributed by atoms with van der Waals surface area (Å²) in [5.41, 5.74) is 0.917. The Hall–Kier alpha value is -5.45. The van der Waals surface area contributed by atoms with Crippen molar-refractivity contribution >= 4 is 16.1 Å². The Labute approximate surface area is 343 Å². The third kappa shape index (κ3) is 10.2. The van der Waals surface area contributed by atoms with Gasteiger partial charge in [0.05, 0.1) is 24.2 Å². The van der Waals surface area contributed by atoms with Crippen molar-refractivity contribution < 1.29 is 40.9 Å². The molecule has 5 aromatic rings. The molecule has 6 rings (SSSR count). The van der Waals surface area contributed by atoms with Gasteiger partial charge in [0.25, 0.3) is 0 Å². The maximum absolute atomic E-state index is 14.7. The van der Waals surface area contributed by atoms with Crippen LogP contribution >= 0.6 is 0 Å². The molecular weight excluding hydrogens is 783 g/mol. The van der Waals surface area contributed by atoms with E-state index in [-0.39, 0.29) is 36.1 Å². The molecular formula is C43H50F2N6O7S. The molecule has 2 atom stereocenters. The van der Waals surface area contributed by atoms with Crippen molar-refractivity contribution in [2.45, 2.75) is 89.9 Å². The minimum atomic E-state index is -3.98. The predicted molar refractivity (Wildman–Crippen MR) is 217 cm³/mol. The fraction of sp³-hybridized carbons (Fsp3) is 0.395.